The van der Waals surface area contributed by atoms with Gasteiger partial charge in [-0.15, -0.1) is 0 Å². The van der Waals surface area contributed by atoms with E-state index in [0.717, 1.165) is 13.1 Å². The molecule has 0 atom stereocenters. The molecule has 0 fully saturated rings. The Balaban J connectivity index is 2.77. The van der Waals surface area contributed by atoms with E-state index in [1.54, 1.807) is 0 Å². The van der Waals surface area contributed by atoms with E-state index < -0.39 is 6.61 Å². The van der Waals surface area contributed by atoms with Gasteiger partial charge in [-0.05, 0) is 19.5 Å². The summed E-state index contributed by atoms with van der Waals surface area (Å²) in [7, 11) is 0. The maximum absolute atomic E-state index is 11.3. The first-order valence-electron chi connectivity index (χ1n) is 3.38. The van der Waals surface area contributed by atoms with Crippen molar-refractivity contribution in [2.24, 2.45) is 0 Å². The fraction of sp³-hybridized carbons (Fsp3) is 1.00. The molecular formula is C6H13F2NO. The molecule has 2 nitrogen and oxygen atoms in total. The third-order valence-corrected chi connectivity index (χ3v) is 0.992. The van der Waals surface area contributed by atoms with E-state index in [1.807, 2.05) is 6.92 Å². The standard InChI is InChI=1S/C6H13F2NO/c1-2-9-4-3-5-10-6(7)8/h6,9H,2-5H2,1H3. The topological polar surface area (TPSA) is 21.3 Å². The van der Waals surface area contributed by atoms with Crippen molar-refractivity contribution in [2.75, 3.05) is 19.7 Å². The van der Waals surface area contributed by atoms with Crippen LogP contribution >= 0.6 is 0 Å². The zero-order valence-corrected chi connectivity index (χ0v) is 6.07. The predicted octanol–water partition coefficient (Wildman–Crippen LogP) is 1.23. The van der Waals surface area contributed by atoms with Crippen molar-refractivity contribution in [2.45, 2.75) is 20.0 Å². The number of hydrogen-bond acceptors (Lipinski definition) is 2. The molecular weight excluding hydrogens is 140 g/mol. The van der Waals surface area contributed by atoms with Crippen molar-refractivity contribution in [1.82, 2.24) is 5.32 Å². The summed E-state index contributed by atoms with van der Waals surface area (Å²) in [5.74, 6) is 0. The molecule has 0 saturated heterocycles. The van der Waals surface area contributed by atoms with E-state index in [0.29, 0.717) is 6.42 Å². The maximum Gasteiger partial charge on any atom is 0.345 e. The second-order valence-corrected chi connectivity index (χ2v) is 1.84. The summed E-state index contributed by atoms with van der Waals surface area (Å²) in [5, 5.41) is 3.00. The fourth-order valence-corrected chi connectivity index (χ4v) is 0.546. The third kappa shape index (κ3) is 7.78. The Kier molecular flexibility index (Phi) is 6.74. The Hall–Kier alpha value is -0.220. The Morgan fingerprint density at radius 1 is 1.50 bits per heavy atom. The number of hydrogen-bond donors (Lipinski definition) is 1. The van der Waals surface area contributed by atoms with Crippen LogP contribution in [-0.4, -0.2) is 26.3 Å². The largest absolute Gasteiger partial charge is 0.345 e. The van der Waals surface area contributed by atoms with Crippen LogP contribution in [0, 0.1) is 0 Å². The second-order valence-electron chi connectivity index (χ2n) is 1.84. The van der Waals surface area contributed by atoms with Crippen molar-refractivity contribution in [3.63, 3.8) is 0 Å². The zero-order valence-electron chi connectivity index (χ0n) is 6.07. The van der Waals surface area contributed by atoms with Crippen LogP contribution in [0.1, 0.15) is 13.3 Å². The van der Waals surface area contributed by atoms with Gasteiger partial charge in [0, 0.05) is 0 Å². The summed E-state index contributed by atoms with van der Waals surface area (Å²) in [4.78, 5) is 0. The summed E-state index contributed by atoms with van der Waals surface area (Å²) in [5.41, 5.74) is 0. The molecule has 0 spiro atoms. The summed E-state index contributed by atoms with van der Waals surface area (Å²) < 4.78 is 26.6. The molecule has 0 aliphatic carbocycles. The van der Waals surface area contributed by atoms with Crippen LogP contribution in [0.25, 0.3) is 0 Å². The van der Waals surface area contributed by atoms with Crippen molar-refractivity contribution in [3.05, 3.63) is 0 Å². The highest BCUT2D eigenvalue weighted by atomic mass is 19.3. The van der Waals surface area contributed by atoms with Crippen LogP contribution in [0.4, 0.5) is 8.78 Å². The van der Waals surface area contributed by atoms with Gasteiger partial charge < -0.3 is 10.1 Å². The van der Waals surface area contributed by atoms with Gasteiger partial charge in [-0.25, -0.2) is 0 Å². The quantitative estimate of drug-likeness (QED) is 0.579. The van der Waals surface area contributed by atoms with Crippen LogP contribution < -0.4 is 5.32 Å². The van der Waals surface area contributed by atoms with Crippen molar-refractivity contribution < 1.29 is 13.5 Å². The first-order valence-corrected chi connectivity index (χ1v) is 3.38. The van der Waals surface area contributed by atoms with Gasteiger partial charge in [0.05, 0.1) is 6.61 Å². The highest BCUT2D eigenvalue weighted by Crippen LogP contribution is 1.94. The van der Waals surface area contributed by atoms with E-state index in [1.165, 1.54) is 0 Å². The molecule has 1 N–H and O–H groups in total. The van der Waals surface area contributed by atoms with Crippen molar-refractivity contribution in [1.29, 1.82) is 0 Å². The number of alkyl halides is 2. The van der Waals surface area contributed by atoms with Gasteiger partial charge in [0.2, 0.25) is 0 Å². The van der Waals surface area contributed by atoms with E-state index in [-0.39, 0.29) is 6.61 Å². The number of halogens is 2. The summed E-state index contributed by atoms with van der Waals surface area (Å²) >= 11 is 0. The van der Waals surface area contributed by atoms with Crippen LogP contribution in [-0.2, 0) is 4.74 Å². The molecule has 4 heteroatoms. The van der Waals surface area contributed by atoms with Crippen molar-refractivity contribution >= 4 is 0 Å². The Bertz CT molecular complexity index is 70.8. The molecule has 0 amide bonds. The lowest BCUT2D eigenvalue weighted by molar-refractivity contribution is -0.128. The van der Waals surface area contributed by atoms with Crippen LogP contribution in [0.15, 0.2) is 0 Å². The van der Waals surface area contributed by atoms with Crippen LogP contribution in [0.3, 0.4) is 0 Å². The van der Waals surface area contributed by atoms with Crippen LogP contribution in [0.5, 0.6) is 0 Å². The molecule has 0 rings (SSSR count). The molecule has 0 heterocycles. The van der Waals surface area contributed by atoms with Gasteiger partial charge in [0.15, 0.2) is 0 Å². The number of rotatable bonds is 6. The first kappa shape index (κ1) is 9.78. The lowest BCUT2D eigenvalue weighted by Crippen LogP contribution is -2.16. The smallest absolute Gasteiger partial charge is 0.323 e. The SMILES string of the molecule is CCNCCCOC(F)F. The van der Waals surface area contributed by atoms with E-state index >= 15 is 0 Å². The molecule has 0 aromatic rings. The summed E-state index contributed by atoms with van der Waals surface area (Å²) in [6.45, 7) is 1.08. The van der Waals surface area contributed by atoms with Gasteiger partial charge >= 0.3 is 6.61 Å². The molecule has 62 valence electrons. The molecule has 0 saturated carbocycles. The van der Waals surface area contributed by atoms with Gasteiger partial charge in [-0.2, -0.15) is 8.78 Å². The lowest BCUT2D eigenvalue weighted by Gasteiger charge is -2.01. The molecule has 0 bridgehead atoms. The predicted molar refractivity (Wildman–Crippen MR) is 35.1 cm³/mol. The molecule has 0 aromatic heterocycles. The summed E-state index contributed by atoms with van der Waals surface area (Å²) in [6.07, 6.45) is 0.637. The molecule has 0 aliphatic rings. The highest BCUT2D eigenvalue weighted by Gasteiger charge is 1.98. The zero-order chi connectivity index (χ0) is 7.82. The minimum atomic E-state index is -2.62. The minimum Gasteiger partial charge on any atom is -0.323 e. The molecule has 0 unspecified atom stereocenters. The van der Waals surface area contributed by atoms with E-state index in [9.17, 15) is 8.78 Å². The summed E-state index contributed by atoms with van der Waals surface area (Å²) in [6, 6.07) is 0. The fourth-order valence-electron chi connectivity index (χ4n) is 0.546. The van der Waals surface area contributed by atoms with Crippen molar-refractivity contribution in [3.8, 4) is 0 Å². The Morgan fingerprint density at radius 3 is 2.70 bits per heavy atom. The van der Waals surface area contributed by atoms with Gasteiger partial charge in [-0.3, -0.25) is 0 Å². The van der Waals surface area contributed by atoms with Gasteiger partial charge in [-0.1, -0.05) is 6.92 Å². The normalized spacial score (nSPS) is 10.8. The average Bonchev–Trinajstić information content (AvgIpc) is 1.87. The first-order chi connectivity index (χ1) is 4.77. The molecule has 0 radical (unpaired) electrons. The number of ether oxygens (including phenoxy) is 1. The molecule has 0 aromatic carbocycles. The lowest BCUT2D eigenvalue weighted by atomic mass is 10.4. The van der Waals surface area contributed by atoms with Gasteiger partial charge in [0.1, 0.15) is 0 Å². The Morgan fingerprint density at radius 2 is 2.20 bits per heavy atom. The molecule has 0 aliphatic heterocycles. The highest BCUT2D eigenvalue weighted by molar-refractivity contribution is 4.41. The van der Waals surface area contributed by atoms with E-state index in [4.69, 9.17) is 0 Å². The maximum atomic E-state index is 11.3. The number of nitrogens with one attached hydrogen (secondary N) is 1. The van der Waals surface area contributed by atoms with Crippen LogP contribution in [0.2, 0.25) is 0 Å². The average molecular weight is 153 g/mol. The molecule has 10 heavy (non-hydrogen) atoms. The second kappa shape index (κ2) is 6.89. The van der Waals surface area contributed by atoms with Gasteiger partial charge in [0.25, 0.3) is 0 Å². The Labute approximate surface area is 59.6 Å². The third-order valence-electron chi connectivity index (χ3n) is 0.992. The monoisotopic (exact) mass is 153 g/mol. The van der Waals surface area contributed by atoms with E-state index in [2.05, 4.69) is 10.1 Å². The minimum absolute atomic E-state index is 0.130.